The van der Waals surface area contributed by atoms with Crippen LogP contribution in [0.5, 0.6) is 0 Å². The van der Waals surface area contributed by atoms with Gasteiger partial charge in [-0.2, -0.15) is 0 Å². The van der Waals surface area contributed by atoms with Crippen molar-refractivity contribution in [1.82, 2.24) is 0 Å². The fourth-order valence-electron chi connectivity index (χ4n) is 11.0. The third-order valence-corrected chi connectivity index (χ3v) is 30.8. The molecule has 8 heteroatoms. The van der Waals surface area contributed by atoms with Crippen LogP contribution >= 0.6 is 31.9 Å². The monoisotopic (exact) mass is 1180 g/mol. The zero-order valence-electron chi connectivity index (χ0n) is 40.9. The van der Waals surface area contributed by atoms with Crippen molar-refractivity contribution in [3.63, 3.8) is 0 Å². The van der Waals surface area contributed by atoms with Gasteiger partial charge in [-0.25, -0.2) is 0 Å². The number of fused-ring (bicyclic) bond motifs is 14. The molecular weight excluding hydrogens is 1130 g/mol. The summed E-state index contributed by atoms with van der Waals surface area (Å²) >= 11 is 5.14. The molecule has 0 aliphatic heterocycles. The standard InChI is InChI=1S/C28H16O3.C20H10Br2O.C4H3O.3C4H9.Sn/c1-3-9-19-17(7-1)21(23-11-5-13-29-23)15-25-27(19)28-20-10-4-2-8-18(20)22(16-26(28)31-25)24-12-6-14-30-24;21-15-9-17-19(13-7-3-1-5-11(13)15)20-14-8-4-2-6-12(14)16(22)10-18(20)23-17;1-2-4-5-3-1;3*1-3-4-2;/h1-16H;1-10H;1-3H;3*1,3-4H2,2H3;. The van der Waals surface area contributed by atoms with Crippen molar-refractivity contribution >= 4 is 141 Å². The van der Waals surface area contributed by atoms with Crippen molar-refractivity contribution in [2.75, 3.05) is 0 Å². The maximum absolute atomic E-state index is 6.46. The number of hydrogen-bond donors (Lipinski definition) is 0. The molecule has 13 aromatic rings. The molecule has 13 rings (SSSR count). The molecule has 5 heterocycles. The Morgan fingerprint density at radius 2 is 0.694 bits per heavy atom. The van der Waals surface area contributed by atoms with E-state index in [9.17, 15) is 0 Å². The van der Waals surface area contributed by atoms with Crippen LogP contribution in [-0.4, -0.2) is 18.4 Å². The average molecular weight is 1180 g/mol. The first-order valence-electron chi connectivity index (χ1n) is 25.4. The predicted molar refractivity (Wildman–Crippen MR) is 312 cm³/mol. The third-order valence-electron chi connectivity index (χ3n) is 14.5. The molecule has 5 aromatic heterocycles. The van der Waals surface area contributed by atoms with Crippen LogP contribution in [0.3, 0.4) is 0 Å². The van der Waals surface area contributed by atoms with E-state index < -0.39 is 18.4 Å². The molecule has 0 atom stereocenters. The van der Waals surface area contributed by atoms with Crippen molar-refractivity contribution in [3.05, 3.63) is 185 Å². The zero-order valence-corrected chi connectivity index (χ0v) is 46.9. The van der Waals surface area contributed by atoms with Gasteiger partial charge in [-0.3, -0.25) is 0 Å². The van der Waals surface area contributed by atoms with Crippen molar-refractivity contribution in [3.8, 4) is 22.6 Å². The Balaban J connectivity index is 0.000000122. The van der Waals surface area contributed by atoms with Gasteiger partial charge in [0.2, 0.25) is 0 Å². The predicted octanol–water partition coefficient (Wildman–Crippen LogP) is 21.2. The van der Waals surface area contributed by atoms with Crippen molar-refractivity contribution in [2.45, 2.75) is 72.6 Å². The first-order chi connectivity index (χ1) is 35.4. The van der Waals surface area contributed by atoms with Crippen LogP contribution in [0.25, 0.3) is 110 Å². The van der Waals surface area contributed by atoms with Gasteiger partial charge in [-0.1, -0.05) is 129 Å². The summed E-state index contributed by atoms with van der Waals surface area (Å²) < 4.78 is 38.0. The van der Waals surface area contributed by atoms with Crippen LogP contribution in [0.2, 0.25) is 13.3 Å². The van der Waals surface area contributed by atoms with Gasteiger partial charge in [0.1, 0.15) is 33.9 Å². The van der Waals surface area contributed by atoms with Gasteiger partial charge < -0.3 is 17.7 Å². The second kappa shape index (κ2) is 21.2. The maximum atomic E-state index is 6.46. The summed E-state index contributed by atoms with van der Waals surface area (Å²) in [5, 5.41) is 14.0. The number of benzene rings is 8. The van der Waals surface area contributed by atoms with Gasteiger partial charge in [0.25, 0.3) is 0 Å². The van der Waals surface area contributed by atoms with Gasteiger partial charge in [0, 0.05) is 41.6 Å². The molecule has 0 radical (unpaired) electrons. The minimum absolute atomic E-state index is 0.833. The van der Waals surface area contributed by atoms with Crippen LogP contribution in [-0.2, 0) is 0 Å². The summed E-state index contributed by atoms with van der Waals surface area (Å²) in [6.07, 6.45) is 13.5. The summed E-state index contributed by atoms with van der Waals surface area (Å²) in [7, 11) is 0. The number of hydrogen-bond acceptors (Lipinski definition) is 5. The Hall–Kier alpha value is -6.00. The van der Waals surface area contributed by atoms with Gasteiger partial charge in [0.05, 0.1) is 12.5 Å². The van der Waals surface area contributed by atoms with E-state index in [4.69, 9.17) is 22.1 Å². The summed E-state index contributed by atoms with van der Waals surface area (Å²) in [5.74, 6) is 1.67. The molecule has 0 unspecified atom stereocenters. The number of halogens is 2. The number of furan rings is 5. The molecule has 0 aliphatic carbocycles. The Morgan fingerprint density at radius 3 is 1.04 bits per heavy atom. The van der Waals surface area contributed by atoms with Crippen LogP contribution < -0.4 is 3.78 Å². The quantitative estimate of drug-likeness (QED) is 0.114. The second-order valence-electron chi connectivity index (χ2n) is 19.0. The third kappa shape index (κ3) is 9.00. The maximum Gasteiger partial charge on any atom is 0.136 e. The van der Waals surface area contributed by atoms with E-state index in [1.807, 2.05) is 30.5 Å². The van der Waals surface area contributed by atoms with E-state index in [1.165, 1.54) is 87.9 Å². The van der Waals surface area contributed by atoms with Crippen LogP contribution in [0.1, 0.15) is 59.3 Å². The molecule has 0 amide bonds. The van der Waals surface area contributed by atoms with Crippen LogP contribution in [0.4, 0.5) is 0 Å². The molecule has 72 heavy (non-hydrogen) atoms. The first-order valence-corrected chi connectivity index (χ1v) is 34.5. The molecule has 0 fully saturated rings. The SMILES string of the molecule is Brc1cc2oc3cc(Br)c4ccccc4c3c2c2ccccc12.CCC[CH2][Sn]([CH2]CCC)([CH2]CCC)[c]1ccco1.c1coc(-c2cc3oc4cc(-c5ccco5)c5ccccc5c4c3c3ccccc23)c1. The number of rotatable bonds is 12. The van der Waals surface area contributed by atoms with E-state index in [0.717, 1.165) is 86.2 Å². The van der Waals surface area contributed by atoms with E-state index in [0.29, 0.717) is 0 Å². The van der Waals surface area contributed by atoms with E-state index in [2.05, 4.69) is 186 Å². The molecule has 0 N–H and O–H groups in total. The molecular formula is C64H56Br2O5Sn. The van der Waals surface area contributed by atoms with Crippen LogP contribution in [0.15, 0.2) is 208 Å². The summed E-state index contributed by atoms with van der Waals surface area (Å²) in [4.78, 5) is 0. The molecule has 0 saturated heterocycles. The van der Waals surface area contributed by atoms with E-state index in [-0.39, 0.29) is 0 Å². The van der Waals surface area contributed by atoms with E-state index >= 15 is 0 Å². The first kappa shape index (κ1) is 48.3. The average Bonchev–Trinajstić information content (AvgIpc) is 4.30. The fourth-order valence-corrected chi connectivity index (χ4v) is 27.4. The Morgan fingerprint density at radius 1 is 0.361 bits per heavy atom. The molecule has 360 valence electrons. The minimum Gasteiger partial charge on any atom is -0.464 e. The topological polar surface area (TPSA) is 65.7 Å². The normalized spacial score (nSPS) is 11.9. The molecule has 0 aliphatic rings. The van der Waals surface area contributed by atoms with Crippen molar-refractivity contribution in [1.29, 1.82) is 0 Å². The van der Waals surface area contributed by atoms with Gasteiger partial charge >= 0.3 is 118 Å². The number of unbranched alkanes of at least 4 members (excludes halogenated alkanes) is 3. The van der Waals surface area contributed by atoms with E-state index in [1.54, 1.807) is 12.5 Å². The Kier molecular flexibility index (Phi) is 14.2. The Bertz CT molecular complexity index is 3730. The van der Waals surface area contributed by atoms with Crippen LogP contribution in [0, 0.1) is 0 Å². The minimum atomic E-state index is -2.20. The smallest absolute Gasteiger partial charge is 0.136 e. The van der Waals surface area contributed by atoms with Crippen molar-refractivity contribution in [2.24, 2.45) is 0 Å². The summed E-state index contributed by atoms with van der Waals surface area (Å²) in [6, 6.07) is 54.3. The molecule has 0 spiro atoms. The zero-order chi connectivity index (χ0) is 49.2. The summed E-state index contributed by atoms with van der Waals surface area (Å²) in [6.45, 7) is 6.95. The van der Waals surface area contributed by atoms with Crippen molar-refractivity contribution < 1.29 is 22.1 Å². The molecule has 8 aromatic carbocycles. The molecule has 0 bridgehead atoms. The van der Waals surface area contributed by atoms with Gasteiger partial charge in [-0.05, 0) is 91.6 Å². The summed E-state index contributed by atoms with van der Waals surface area (Å²) in [5.41, 5.74) is 5.58. The van der Waals surface area contributed by atoms with Gasteiger partial charge in [0.15, 0.2) is 0 Å². The Labute approximate surface area is 440 Å². The second-order valence-corrected chi connectivity index (χ2v) is 33.7. The molecule has 0 saturated carbocycles. The van der Waals surface area contributed by atoms with Gasteiger partial charge in [-0.15, -0.1) is 0 Å². The largest absolute Gasteiger partial charge is 0.464 e. The molecule has 5 nitrogen and oxygen atoms in total. The fraction of sp³-hybridized carbons (Fsp3) is 0.188.